The number of nitrogens with zero attached hydrogens (tertiary/aromatic N) is 1. The van der Waals surface area contributed by atoms with E-state index in [1.165, 1.54) is 59.8 Å². The number of carbonyl (C=O) groups excluding carboxylic acids is 1. The zero-order valence-corrected chi connectivity index (χ0v) is 23.0. The summed E-state index contributed by atoms with van der Waals surface area (Å²) in [6.07, 6.45) is 6.34. The van der Waals surface area contributed by atoms with Gasteiger partial charge in [-0.25, -0.2) is 0 Å². The second kappa shape index (κ2) is 13.6. The van der Waals surface area contributed by atoms with E-state index in [0.29, 0.717) is 39.8 Å². The highest BCUT2D eigenvalue weighted by atomic mass is 16.6. The van der Waals surface area contributed by atoms with Crippen LogP contribution < -0.4 is 33.7 Å². The van der Waals surface area contributed by atoms with Crippen molar-refractivity contribution in [1.82, 2.24) is 0 Å². The molecule has 0 saturated carbocycles. The van der Waals surface area contributed by atoms with Crippen molar-refractivity contribution in [2.24, 2.45) is 0 Å². The second-order valence-corrected chi connectivity index (χ2v) is 8.10. The molecular weight excluding hydrogens is 520 g/mol. The van der Waals surface area contributed by atoms with Crippen LogP contribution in [0.1, 0.15) is 16.7 Å². The van der Waals surface area contributed by atoms with E-state index >= 15 is 0 Å². The smallest absolute Gasteiger partial charge is 0.315 e. The number of carbonyl (C=O) groups is 1. The number of methoxy groups -OCH3 is 6. The van der Waals surface area contributed by atoms with E-state index in [4.69, 9.17) is 28.4 Å². The normalized spacial score (nSPS) is 10.8. The summed E-state index contributed by atoms with van der Waals surface area (Å²) in [6, 6.07) is 11.6. The van der Waals surface area contributed by atoms with Gasteiger partial charge in [0.2, 0.25) is 17.4 Å². The number of nitro benzene ring substituents is 1. The SMILES string of the molecule is COc1ccc(NC(=O)/C=C/c2cc(OC)c(OC)c([N+](=O)[O-])c2)c(/C=C/c2cc(OC)c(OC)c(OC)c2)c1. The van der Waals surface area contributed by atoms with Gasteiger partial charge in [-0.1, -0.05) is 12.2 Å². The molecule has 11 nitrogen and oxygen atoms in total. The third kappa shape index (κ3) is 6.81. The van der Waals surface area contributed by atoms with Crippen molar-refractivity contribution < 1.29 is 38.1 Å². The molecule has 1 N–H and O–H groups in total. The van der Waals surface area contributed by atoms with Gasteiger partial charge in [0, 0.05) is 23.4 Å². The number of hydrogen-bond donors (Lipinski definition) is 1. The molecule has 0 aliphatic heterocycles. The highest BCUT2D eigenvalue weighted by Crippen LogP contribution is 2.39. The molecule has 0 aromatic heterocycles. The second-order valence-electron chi connectivity index (χ2n) is 8.10. The molecule has 0 spiro atoms. The Bertz CT molecular complexity index is 1420. The Labute approximate surface area is 231 Å². The van der Waals surface area contributed by atoms with Gasteiger partial charge in [0.05, 0.1) is 47.6 Å². The number of amides is 1. The maximum Gasteiger partial charge on any atom is 0.315 e. The topological polar surface area (TPSA) is 128 Å². The molecule has 0 atom stereocenters. The number of benzene rings is 3. The predicted octanol–water partition coefficient (Wildman–Crippen LogP) is 5.47. The molecule has 3 rings (SSSR count). The number of nitrogens with one attached hydrogen (secondary N) is 1. The highest BCUT2D eigenvalue weighted by Gasteiger charge is 2.21. The van der Waals surface area contributed by atoms with E-state index in [9.17, 15) is 14.9 Å². The van der Waals surface area contributed by atoms with Crippen LogP contribution in [0.4, 0.5) is 11.4 Å². The first kappa shape index (κ1) is 29.4. The minimum absolute atomic E-state index is 0.00383. The molecule has 0 unspecified atom stereocenters. The molecule has 0 heterocycles. The largest absolute Gasteiger partial charge is 0.497 e. The summed E-state index contributed by atoms with van der Waals surface area (Å²) in [7, 11) is 8.84. The molecule has 1 amide bonds. The number of nitro groups is 1. The molecule has 40 heavy (non-hydrogen) atoms. The van der Waals surface area contributed by atoms with Crippen LogP contribution in [0.3, 0.4) is 0 Å². The molecule has 0 bridgehead atoms. The van der Waals surface area contributed by atoms with E-state index in [1.54, 1.807) is 43.5 Å². The maximum atomic E-state index is 12.8. The summed E-state index contributed by atoms with van der Waals surface area (Å²) in [5, 5.41) is 14.3. The monoisotopic (exact) mass is 550 g/mol. The quantitative estimate of drug-likeness (QED) is 0.135. The van der Waals surface area contributed by atoms with Crippen molar-refractivity contribution in [2.45, 2.75) is 0 Å². The van der Waals surface area contributed by atoms with Crippen molar-refractivity contribution in [3.8, 4) is 34.5 Å². The van der Waals surface area contributed by atoms with Gasteiger partial charge in [-0.2, -0.15) is 0 Å². The zero-order valence-electron chi connectivity index (χ0n) is 23.0. The lowest BCUT2D eigenvalue weighted by molar-refractivity contribution is -0.385. The number of hydrogen-bond acceptors (Lipinski definition) is 9. The molecule has 3 aromatic rings. The Morgan fingerprint density at radius 3 is 1.82 bits per heavy atom. The lowest BCUT2D eigenvalue weighted by Crippen LogP contribution is -2.09. The Balaban J connectivity index is 1.90. The maximum absolute atomic E-state index is 12.8. The fourth-order valence-electron chi connectivity index (χ4n) is 3.85. The Morgan fingerprint density at radius 1 is 0.725 bits per heavy atom. The minimum atomic E-state index is -0.581. The highest BCUT2D eigenvalue weighted by molar-refractivity contribution is 6.03. The van der Waals surface area contributed by atoms with Crippen molar-refractivity contribution in [3.05, 3.63) is 75.3 Å². The van der Waals surface area contributed by atoms with Crippen LogP contribution >= 0.6 is 0 Å². The Kier molecular flexibility index (Phi) is 9.95. The molecule has 0 saturated heterocycles. The summed E-state index contributed by atoms with van der Waals surface area (Å²) in [6.45, 7) is 0. The van der Waals surface area contributed by atoms with Crippen LogP contribution in [-0.2, 0) is 4.79 Å². The molecule has 0 radical (unpaired) electrons. The summed E-state index contributed by atoms with van der Waals surface area (Å²) in [4.78, 5) is 23.7. The summed E-state index contributed by atoms with van der Waals surface area (Å²) in [5.41, 5.74) is 2.05. The standard InChI is InChI=1S/C29H30N2O9/c1-35-21-10-11-22(20(17-21)9-7-19-15-25(37-3)29(40-6)26(16-19)38-4)30-27(32)12-8-18-13-23(31(33)34)28(39-5)24(14-18)36-2/h7-17H,1-6H3,(H,30,32)/b9-7+,12-8+. The van der Waals surface area contributed by atoms with Crippen LogP contribution in [0.25, 0.3) is 18.2 Å². The molecule has 0 fully saturated rings. The predicted molar refractivity (Wildman–Crippen MR) is 152 cm³/mol. The fraction of sp³-hybridized carbons (Fsp3) is 0.207. The van der Waals surface area contributed by atoms with Gasteiger partial charge < -0.3 is 33.7 Å². The minimum Gasteiger partial charge on any atom is -0.497 e. The Hall–Kier alpha value is -5.19. The van der Waals surface area contributed by atoms with Gasteiger partial charge in [0.15, 0.2) is 17.2 Å². The van der Waals surface area contributed by atoms with E-state index in [-0.39, 0.29) is 17.2 Å². The van der Waals surface area contributed by atoms with E-state index in [0.717, 1.165) is 5.56 Å². The summed E-state index contributed by atoms with van der Waals surface area (Å²) >= 11 is 0. The molecular formula is C29H30N2O9. The van der Waals surface area contributed by atoms with E-state index in [2.05, 4.69) is 5.32 Å². The molecule has 0 aliphatic rings. The first-order valence-electron chi connectivity index (χ1n) is 11.8. The van der Waals surface area contributed by atoms with Gasteiger partial charge in [0.25, 0.3) is 0 Å². The van der Waals surface area contributed by atoms with E-state index in [1.807, 2.05) is 6.08 Å². The molecule has 3 aromatic carbocycles. The van der Waals surface area contributed by atoms with Crippen molar-refractivity contribution in [1.29, 1.82) is 0 Å². The summed E-state index contributed by atoms with van der Waals surface area (Å²) < 4.78 is 31.9. The van der Waals surface area contributed by atoms with Crippen molar-refractivity contribution >= 4 is 35.5 Å². The van der Waals surface area contributed by atoms with Gasteiger partial charge in [-0.05, 0) is 53.6 Å². The lowest BCUT2D eigenvalue weighted by Gasteiger charge is -2.13. The molecule has 11 heteroatoms. The van der Waals surface area contributed by atoms with Gasteiger partial charge >= 0.3 is 5.69 Å². The van der Waals surface area contributed by atoms with Crippen LogP contribution in [0.15, 0.2) is 48.5 Å². The molecule has 0 aliphatic carbocycles. The number of anilines is 1. The van der Waals surface area contributed by atoms with E-state index < -0.39 is 10.8 Å². The van der Waals surface area contributed by atoms with Crippen LogP contribution in [0, 0.1) is 10.1 Å². The average Bonchev–Trinajstić information content (AvgIpc) is 2.97. The average molecular weight is 551 g/mol. The van der Waals surface area contributed by atoms with Gasteiger partial charge in [0.1, 0.15) is 5.75 Å². The van der Waals surface area contributed by atoms with Crippen molar-refractivity contribution in [3.63, 3.8) is 0 Å². The Morgan fingerprint density at radius 2 is 1.30 bits per heavy atom. The third-order valence-corrected chi connectivity index (χ3v) is 5.76. The number of ether oxygens (including phenoxy) is 6. The third-order valence-electron chi connectivity index (χ3n) is 5.76. The fourth-order valence-corrected chi connectivity index (χ4v) is 3.85. The van der Waals surface area contributed by atoms with Crippen molar-refractivity contribution in [2.75, 3.05) is 48.0 Å². The summed E-state index contributed by atoms with van der Waals surface area (Å²) in [5.74, 6) is 1.79. The lowest BCUT2D eigenvalue weighted by atomic mass is 10.1. The molecule has 210 valence electrons. The van der Waals surface area contributed by atoms with Gasteiger partial charge in [-0.15, -0.1) is 0 Å². The first-order valence-corrected chi connectivity index (χ1v) is 11.8. The number of rotatable bonds is 12. The van der Waals surface area contributed by atoms with Crippen LogP contribution in [-0.4, -0.2) is 53.5 Å². The van der Waals surface area contributed by atoms with Crippen LogP contribution in [0.2, 0.25) is 0 Å². The van der Waals surface area contributed by atoms with Crippen LogP contribution in [0.5, 0.6) is 34.5 Å². The van der Waals surface area contributed by atoms with Gasteiger partial charge in [-0.3, -0.25) is 14.9 Å². The zero-order chi connectivity index (χ0) is 29.2. The first-order chi connectivity index (χ1) is 19.3.